The normalized spacial score (nSPS) is 8.33. The summed E-state index contributed by atoms with van der Waals surface area (Å²) in [6, 6.07) is 7.06. The van der Waals surface area contributed by atoms with Crippen LogP contribution in [0, 0.1) is 0 Å². The Hall–Kier alpha value is -1.12. The Morgan fingerprint density at radius 2 is 1.83 bits per heavy atom. The van der Waals surface area contributed by atoms with Gasteiger partial charge in [0.05, 0.1) is 14.3 Å². The molecule has 0 aliphatic carbocycles. The van der Waals surface area contributed by atoms with Crippen molar-refractivity contribution < 1.29 is 13.5 Å². The minimum Gasteiger partial charge on any atom is -0.496 e. The molecule has 0 unspecified atom stereocenters. The smallest absolute Gasteiger partial charge is 0.124 e. The van der Waals surface area contributed by atoms with Crippen LogP contribution in [-0.4, -0.2) is 14.3 Å². The average molecular weight is 174 g/mol. The summed E-state index contributed by atoms with van der Waals surface area (Å²) in [5.74, 6) is 0.616. The molecule has 3 heteroatoms. The van der Waals surface area contributed by atoms with Gasteiger partial charge in [0.2, 0.25) is 0 Å². The molecule has 0 spiro atoms. The average Bonchev–Trinajstić information content (AvgIpc) is 2.20. The molecule has 0 N–H and O–H groups in total. The number of para-hydroxylation sites is 1. The maximum Gasteiger partial charge on any atom is 0.124 e. The molecule has 0 heterocycles. The maximum atomic E-state index is 12.1. The summed E-state index contributed by atoms with van der Waals surface area (Å²) in [6.45, 7) is -0.468. The molecular weight excluding hydrogens is 162 g/mol. The molecule has 12 heavy (non-hydrogen) atoms. The van der Waals surface area contributed by atoms with Crippen molar-refractivity contribution >= 4 is 0 Å². The van der Waals surface area contributed by atoms with Crippen LogP contribution in [0.4, 0.5) is 8.78 Å². The molecule has 0 saturated heterocycles. The number of methoxy groups -OCH3 is 1. The Bertz CT molecular complexity index is 190. The zero-order valence-corrected chi connectivity index (χ0v) is 7.18. The molecule has 0 fully saturated rings. The Balaban J connectivity index is 0.000000561. The van der Waals surface area contributed by atoms with Crippen molar-refractivity contribution in [3.8, 4) is 5.75 Å². The molecule has 68 valence electrons. The highest BCUT2D eigenvalue weighted by Crippen LogP contribution is 2.17. The van der Waals surface area contributed by atoms with E-state index in [9.17, 15) is 8.78 Å². The lowest BCUT2D eigenvalue weighted by atomic mass is 10.2. The second-order valence-corrected chi connectivity index (χ2v) is 1.95. The highest BCUT2D eigenvalue weighted by molar-refractivity contribution is 5.32. The van der Waals surface area contributed by atoms with Gasteiger partial charge < -0.3 is 4.74 Å². The fraction of sp³-hybridized carbons (Fsp3) is 0.333. The number of ether oxygens (including phenoxy) is 1. The van der Waals surface area contributed by atoms with E-state index in [2.05, 4.69) is 0 Å². The van der Waals surface area contributed by atoms with Crippen LogP contribution in [-0.2, 0) is 6.67 Å². The SMILES string of the molecule is CF.COc1ccccc1CF. The Morgan fingerprint density at radius 3 is 2.25 bits per heavy atom. The first-order chi connectivity index (χ1) is 5.88. The van der Waals surface area contributed by atoms with Crippen LogP contribution in [0.1, 0.15) is 5.56 Å². The summed E-state index contributed by atoms with van der Waals surface area (Å²) >= 11 is 0. The topological polar surface area (TPSA) is 9.23 Å². The summed E-state index contributed by atoms with van der Waals surface area (Å²) in [5.41, 5.74) is 0.602. The van der Waals surface area contributed by atoms with Gasteiger partial charge >= 0.3 is 0 Å². The van der Waals surface area contributed by atoms with Crippen molar-refractivity contribution in [3.63, 3.8) is 0 Å². The molecule has 0 saturated carbocycles. The molecule has 1 rings (SSSR count). The Kier molecular flexibility index (Phi) is 5.97. The van der Waals surface area contributed by atoms with Gasteiger partial charge in [-0.1, -0.05) is 18.2 Å². The van der Waals surface area contributed by atoms with E-state index in [1.54, 1.807) is 18.2 Å². The van der Waals surface area contributed by atoms with E-state index in [4.69, 9.17) is 4.74 Å². The highest BCUT2D eigenvalue weighted by Gasteiger charge is 1.97. The molecule has 1 nitrogen and oxygen atoms in total. The van der Waals surface area contributed by atoms with Gasteiger partial charge in [0.15, 0.2) is 0 Å². The van der Waals surface area contributed by atoms with Crippen molar-refractivity contribution in [2.24, 2.45) is 0 Å². The van der Waals surface area contributed by atoms with Gasteiger partial charge in [-0.25, -0.2) is 4.39 Å². The summed E-state index contributed by atoms with van der Waals surface area (Å²) in [7, 11) is 2.04. The number of hydrogen-bond donors (Lipinski definition) is 0. The summed E-state index contributed by atoms with van der Waals surface area (Å²) in [4.78, 5) is 0. The van der Waals surface area contributed by atoms with Crippen LogP contribution in [0.25, 0.3) is 0 Å². The largest absolute Gasteiger partial charge is 0.496 e. The Labute approximate surface area is 71.0 Å². The van der Waals surface area contributed by atoms with Crippen molar-refractivity contribution in [2.45, 2.75) is 6.67 Å². The van der Waals surface area contributed by atoms with Crippen molar-refractivity contribution in [2.75, 3.05) is 14.3 Å². The molecule has 0 bridgehead atoms. The molecule has 0 radical (unpaired) electrons. The maximum absolute atomic E-state index is 12.1. The zero-order valence-electron chi connectivity index (χ0n) is 7.18. The fourth-order valence-corrected chi connectivity index (χ4v) is 0.813. The van der Waals surface area contributed by atoms with E-state index in [-0.39, 0.29) is 0 Å². The number of benzene rings is 1. The molecule has 0 atom stereocenters. The minimum absolute atomic E-state index is 0.468. The number of halogens is 2. The van der Waals surface area contributed by atoms with E-state index < -0.39 is 6.67 Å². The van der Waals surface area contributed by atoms with Gasteiger partial charge in [0.1, 0.15) is 12.4 Å². The third kappa shape index (κ3) is 2.86. The van der Waals surface area contributed by atoms with Crippen LogP contribution in [0.15, 0.2) is 24.3 Å². The summed E-state index contributed by atoms with van der Waals surface area (Å²) in [5, 5.41) is 0. The van der Waals surface area contributed by atoms with Gasteiger partial charge in [-0.15, -0.1) is 0 Å². The first-order valence-electron chi connectivity index (χ1n) is 3.44. The quantitative estimate of drug-likeness (QED) is 0.669. The van der Waals surface area contributed by atoms with Gasteiger partial charge in [0.25, 0.3) is 0 Å². The third-order valence-electron chi connectivity index (χ3n) is 1.34. The second-order valence-electron chi connectivity index (χ2n) is 1.95. The Morgan fingerprint density at radius 1 is 1.25 bits per heavy atom. The van der Waals surface area contributed by atoms with Crippen LogP contribution in [0.5, 0.6) is 5.75 Å². The van der Waals surface area contributed by atoms with Crippen LogP contribution in [0.3, 0.4) is 0 Å². The van der Waals surface area contributed by atoms with Gasteiger partial charge in [-0.2, -0.15) is 0 Å². The summed E-state index contributed by atoms with van der Waals surface area (Å²) in [6.07, 6.45) is 0. The molecule has 0 aromatic heterocycles. The number of hydrogen-bond acceptors (Lipinski definition) is 1. The molecule has 0 aliphatic rings. The first-order valence-corrected chi connectivity index (χ1v) is 3.44. The van der Waals surface area contributed by atoms with E-state index in [1.165, 1.54) is 7.11 Å². The predicted octanol–water partition coefficient (Wildman–Crippen LogP) is 2.75. The lowest BCUT2D eigenvalue weighted by Gasteiger charge is -2.02. The predicted molar refractivity (Wildman–Crippen MR) is 44.8 cm³/mol. The fourth-order valence-electron chi connectivity index (χ4n) is 0.813. The first kappa shape index (κ1) is 10.9. The van der Waals surface area contributed by atoms with E-state index >= 15 is 0 Å². The second kappa shape index (κ2) is 6.58. The lowest BCUT2D eigenvalue weighted by molar-refractivity contribution is 0.394. The van der Waals surface area contributed by atoms with Gasteiger partial charge in [-0.05, 0) is 6.07 Å². The van der Waals surface area contributed by atoms with Crippen LogP contribution in [0.2, 0.25) is 0 Å². The standard InChI is InChI=1S/C8H9FO.CH3F/c1-10-8-5-3-2-4-7(8)6-9;1-2/h2-5H,6H2,1H3;1H3. The van der Waals surface area contributed by atoms with Gasteiger partial charge in [0, 0.05) is 5.56 Å². The number of rotatable bonds is 2. The molecule has 0 aliphatic heterocycles. The van der Waals surface area contributed by atoms with Crippen molar-refractivity contribution in [1.29, 1.82) is 0 Å². The van der Waals surface area contributed by atoms with E-state index in [0.717, 1.165) is 0 Å². The minimum atomic E-state index is -0.468. The monoisotopic (exact) mass is 174 g/mol. The third-order valence-corrected chi connectivity index (χ3v) is 1.34. The summed E-state index contributed by atoms with van der Waals surface area (Å²) < 4.78 is 26.5. The molecule has 0 amide bonds. The molecule has 1 aromatic carbocycles. The van der Waals surface area contributed by atoms with Crippen molar-refractivity contribution in [1.82, 2.24) is 0 Å². The number of alkyl halides is 2. The highest BCUT2D eigenvalue weighted by atomic mass is 19.1. The van der Waals surface area contributed by atoms with E-state index in [0.29, 0.717) is 18.5 Å². The van der Waals surface area contributed by atoms with E-state index in [1.807, 2.05) is 6.07 Å². The van der Waals surface area contributed by atoms with Crippen LogP contribution < -0.4 is 4.74 Å². The zero-order chi connectivity index (χ0) is 9.40. The van der Waals surface area contributed by atoms with Gasteiger partial charge in [-0.3, -0.25) is 4.39 Å². The molecule has 1 aromatic rings. The molecular formula is C9H12F2O. The van der Waals surface area contributed by atoms with Crippen LogP contribution >= 0.6 is 0 Å². The van der Waals surface area contributed by atoms with Crippen molar-refractivity contribution in [3.05, 3.63) is 29.8 Å². The lowest BCUT2D eigenvalue weighted by Crippen LogP contribution is -1.87.